The number of H-pyrrole nitrogens is 1. The molecule has 1 aromatic heterocycles. The SMILES string of the molecule is Cc1cc(OCC(=O)NCc2ncc[nH]2)ccc1Cl. The van der Waals surface area contributed by atoms with Gasteiger partial charge in [0.2, 0.25) is 0 Å². The zero-order valence-corrected chi connectivity index (χ0v) is 11.2. The lowest BCUT2D eigenvalue weighted by molar-refractivity contribution is -0.123. The summed E-state index contributed by atoms with van der Waals surface area (Å²) >= 11 is 5.90. The van der Waals surface area contributed by atoms with Crippen LogP contribution in [0.5, 0.6) is 5.75 Å². The van der Waals surface area contributed by atoms with Gasteiger partial charge < -0.3 is 15.0 Å². The smallest absolute Gasteiger partial charge is 0.258 e. The second-order valence-corrected chi connectivity index (χ2v) is 4.42. The molecular weight excluding hydrogens is 266 g/mol. The molecule has 5 nitrogen and oxygen atoms in total. The molecule has 2 rings (SSSR count). The van der Waals surface area contributed by atoms with Crippen molar-refractivity contribution in [3.63, 3.8) is 0 Å². The molecule has 0 spiro atoms. The van der Waals surface area contributed by atoms with E-state index in [1.54, 1.807) is 30.6 Å². The highest BCUT2D eigenvalue weighted by Gasteiger charge is 2.04. The third-order valence-corrected chi connectivity index (χ3v) is 2.93. The molecule has 0 saturated heterocycles. The van der Waals surface area contributed by atoms with E-state index in [1.807, 2.05) is 6.92 Å². The number of rotatable bonds is 5. The number of ether oxygens (including phenoxy) is 1. The molecule has 2 N–H and O–H groups in total. The Morgan fingerprint density at radius 2 is 2.37 bits per heavy atom. The summed E-state index contributed by atoms with van der Waals surface area (Å²) in [5.74, 6) is 1.12. The lowest BCUT2D eigenvalue weighted by atomic mass is 10.2. The summed E-state index contributed by atoms with van der Waals surface area (Å²) < 4.78 is 5.37. The molecule has 1 heterocycles. The maximum Gasteiger partial charge on any atom is 0.258 e. The fourth-order valence-electron chi connectivity index (χ4n) is 1.48. The van der Waals surface area contributed by atoms with Crippen LogP contribution in [0.25, 0.3) is 0 Å². The molecule has 0 saturated carbocycles. The molecule has 0 unspecified atom stereocenters. The van der Waals surface area contributed by atoms with Crippen LogP contribution in [0.4, 0.5) is 0 Å². The van der Waals surface area contributed by atoms with E-state index in [9.17, 15) is 4.79 Å². The van der Waals surface area contributed by atoms with Crippen molar-refractivity contribution in [3.05, 3.63) is 47.0 Å². The first-order chi connectivity index (χ1) is 9.15. The van der Waals surface area contributed by atoms with Crippen LogP contribution in [0.1, 0.15) is 11.4 Å². The van der Waals surface area contributed by atoms with E-state index in [0.717, 1.165) is 5.56 Å². The van der Waals surface area contributed by atoms with Crippen LogP contribution in [0.15, 0.2) is 30.6 Å². The van der Waals surface area contributed by atoms with Gasteiger partial charge in [0.15, 0.2) is 6.61 Å². The van der Waals surface area contributed by atoms with Gasteiger partial charge in [-0.15, -0.1) is 0 Å². The molecule has 1 aromatic carbocycles. The van der Waals surface area contributed by atoms with Gasteiger partial charge in [0, 0.05) is 17.4 Å². The number of amides is 1. The first-order valence-electron chi connectivity index (χ1n) is 5.79. The Morgan fingerprint density at radius 1 is 1.53 bits per heavy atom. The van der Waals surface area contributed by atoms with Crippen LogP contribution >= 0.6 is 11.6 Å². The number of aryl methyl sites for hydroxylation is 1. The van der Waals surface area contributed by atoms with Gasteiger partial charge >= 0.3 is 0 Å². The Morgan fingerprint density at radius 3 is 3.05 bits per heavy atom. The molecule has 6 heteroatoms. The van der Waals surface area contributed by atoms with Gasteiger partial charge in [0.1, 0.15) is 11.6 Å². The Kier molecular flexibility index (Phi) is 4.41. The van der Waals surface area contributed by atoms with Gasteiger partial charge in [-0.05, 0) is 30.7 Å². The van der Waals surface area contributed by atoms with E-state index in [0.29, 0.717) is 23.1 Å². The Bertz CT molecular complexity index is 555. The lowest BCUT2D eigenvalue weighted by Gasteiger charge is -2.07. The first kappa shape index (κ1) is 13.4. The quantitative estimate of drug-likeness (QED) is 0.880. The van der Waals surface area contributed by atoms with Crippen LogP contribution in [0.2, 0.25) is 5.02 Å². The van der Waals surface area contributed by atoms with Gasteiger partial charge in [-0.2, -0.15) is 0 Å². The Labute approximate surface area is 116 Å². The minimum atomic E-state index is -0.205. The normalized spacial score (nSPS) is 10.2. The summed E-state index contributed by atoms with van der Waals surface area (Å²) in [6.07, 6.45) is 3.34. The topological polar surface area (TPSA) is 67.0 Å². The van der Waals surface area contributed by atoms with Crippen molar-refractivity contribution in [2.45, 2.75) is 13.5 Å². The second-order valence-electron chi connectivity index (χ2n) is 4.01. The molecule has 0 atom stereocenters. The van der Waals surface area contributed by atoms with E-state index in [4.69, 9.17) is 16.3 Å². The molecule has 100 valence electrons. The Hall–Kier alpha value is -2.01. The zero-order valence-electron chi connectivity index (χ0n) is 10.4. The molecular formula is C13H14ClN3O2. The van der Waals surface area contributed by atoms with Crippen LogP contribution in [0.3, 0.4) is 0 Å². The third kappa shape index (κ3) is 3.99. The number of benzene rings is 1. The number of nitrogens with zero attached hydrogens (tertiary/aromatic N) is 1. The maximum absolute atomic E-state index is 11.6. The highest BCUT2D eigenvalue weighted by molar-refractivity contribution is 6.31. The summed E-state index contributed by atoms with van der Waals surface area (Å²) in [6, 6.07) is 5.27. The number of carbonyl (C=O) groups excluding carboxylic acids is 1. The number of nitrogens with one attached hydrogen (secondary N) is 2. The standard InChI is InChI=1S/C13H14ClN3O2/c1-9-6-10(2-3-11(9)14)19-8-13(18)17-7-12-15-4-5-16-12/h2-6H,7-8H2,1H3,(H,15,16)(H,17,18). The number of hydrogen-bond acceptors (Lipinski definition) is 3. The van der Waals surface area contributed by atoms with Crippen LogP contribution in [-0.2, 0) is 11.3 Å². The molecule has 0 fully saturated rings. The monoisotopic (exact) mass is 279 g/mol. The zero-order chi connectivity index (χ0) is 13.7. The van der Waals surface area contributed by atoms with Crippen molar-refractivity contribution in [2.75, 3.05) is 6.61 Å². The number of aromatic nitrogens is 2. The first-order valence-corrected chi connectivity index (χ1v) is 6.17. The molecule has 0 radical (unpaired) electrons. The average molecular weight is 280 g/mol. The lowest BCUT2D eigenvalue weighted by Crippen LogP contribution is -2.28. The van der Waals surface area contributed by atoms with Crippen molar-refractivity contribution in [3.8, 4) is 5.75 Å². The summed E-state index contributed by atoms with van der Waals surface area (Å²) in [5, 5.41) is 3.37. The van der Waals surface area contributed by atoms with Crippen molar-refractivity contribution < 1.29 is 9.53 Å². The van der Waals surface area contributed by atoms with Crippen LogP contribution in [0, 0.1) is 6.92 Å². The van der Waals surface area contributed by atoms with Gasteiger partial charge in [-0.1, -0.05) is 11.6 Å². The van der Waals surface area contributed by atoms with E-state index < -0.39 is 0 Å². The van der Waals surface area contributed by atoms with Crippen LogP contribution in [-0.4, -0.2) is 22.5 Å². The molecule has 19 heavy (non-hydrogen) atoms. The molecule has 0 bridgehead atoms. The van der Waals surface area contributed by atoms with Crippen molar-refractivity contribution in [1.82, 2.24) is 15.3 Å². The van der Waals surface area contributed by atoms with E-state index in [2.05, 4.69) is 15.3 Å². The highest BCUT2D eigenvalue weighted by atomic mass is 35.5. The second kappa shape index (κ2) is 6.24. The summed E-state index contributed by atoms with van der Waals surface area (Å²) in [6.45, 7) is 2.20. The van der Waals surface area contributed by atoms with E-state index in [-0.39, 0.29) is 12.5 Å². The van der Waals surface area contributed by atoms with E-state index in [1.165, 1.54) is 0 Å². The minimum Gasteiger partial charge on any atom is -0.484 e. The third-order valence-electron chi connectivity index (χ3n) is 2.51. The molecule has 0 aliphatic carbocycles. The van der Waals surface area contributed by atoms with Crippen molar-refractivity contribution >= 4 is 17.5 Å². The largest absolute Gasteiger partial charge is 0.484 e. The predicted molar refractivity (Wildman–Crippen MR) is 72.1 cm³/mol. The number of hydrogen-bond donors (Lipinski definition) is 2. The van der Waals surface area contributed by atoms with Crippen molar-refractivity contribution in [2.24, 2.45) is 0 Å². The minimum absolute atomic E-state index is 0.0399. The molecule has 2 aromatic rings. The fraction of sp³-hybridized carbons (Fsp3) is 0.231. The predicted octanol–water partition coefficient (Wildman–Crippen LogP) is 2.07. The van der Waals surface area contributed by atoms with Gasteiger partial charge in [-0.25, -0.2) is 4.98 Å². The summed E-state index contributed by atoms with van der Waals surface area (Å²) in [5.41, 5.74) is 0.912. The van der Waals surface area contributed by atoms with Crippen LogP contribution < -0.4 is 10.1 Å². The number of carbonyl (C=O) groups is 1. The molecule has 0 aliphatic heterocycles. The highest BCUT2D eigenvalue weighted by Crippen LogP contribution is 2.20. The van der Waals surface area contributed by atoms with Gasteiger partial charge in [-0.3, -0.25) is 4.79 Å². The van der Waals surface area contributed by atoms with E-state index >= 15 is 0 Å². The molecule has 1 amide bonds. The van der Waals surface area contributed by atoms with Gasteiger partial charge in [0.05, 0.1) is 6.54 Å². The molecule has 0 aliphatic rings. The van der Waals surface area contributed by atoms with Crippen molar-refractivity contribution in [1.29, 1.82) is 0 Å². The summed E-state index contributed by atoms with van der Waals surface area (Å²) in [7, 11) is 0. The number of aromatic amines is 1. The number of imidazole rings is 1. The maximum atomic E-state index is 11.6. The van der Waals surface area contributed by atoms with Gasteiger partial charge in [0.25, 0.3) is 5.91 Å². The summed E-state index contributed by atoms with van der Waals surface area (Å²) in [4.78, 5) is 18.5. The number of halogens is 1. The average Bonchev–Trinajstić information content (AvgIpc) is 2.91. The fourth-order valence-corrected chi connectivity index (χ4v) is 1.60. The Balaban J connectivity index is 1.78.